The Hall–Kier alpha value is -0.240. The number of fused-ring (bicyclic) bond motifs is 2. The Labute approximate surface area is 115 Å². The molecule has 3 heteroatoms. The highest BCUT2D eigenvalue weighted by Gasteiger charge is 2.41. The number of carbonyl (C=O) groups excluding carboxylic acids is 1. The molecule has 0 N–H and O–H groups in total. The van der Waals surface area contributed by atoms with Crippen molar-refractivity contribution in [2.45, 2.75) is 44.9 Å². The zero-order chi connectivity index (χ0) is 12.5. The summed E-state index contributed by atoms with van der Waals surface area (Å²) in [4.78, 5) is 14.4. The Morgan fingerprint density at radius 3 is 2.78 bits per heavy atom. The minimum absolute atomic E-state index is 0.421. The molecule has 18 heavy (non-hydrogen) atoms. The van der Waals surface area contributed by atoms with Crippen molar-refractivity contribution in [3.05, 3.63) is 0 Å². The lowest BCUT2D eigenvalue weighted by Crippen LogP contribution is -2.31. The van der Waals surface area contributed by atoms with E-state index >= 15 is 0 Å². The van der Waals surface area contributed by atoms with Gasteiger partial charge >= 0.3 is 0 Å². The van der Waals surface area contributed by atoms with Gasteiger partial charge in [-0.2, -0.15) is 0 Å². The van der Waals surface area contributed by atoms with E-state index in [4.69, 9.17) is 11.6 Å². The molecule has 1 aliphatic heterocycles. The van der Waals surface area contributed by atoms with Crippen LogP contribution < -0.4 is 0 Å². The standard InChI is InChI=1S/C15H24ClNO/c16-5-3-11-4-6-17(10-11)15(18)9-14-8-12-1-2-13(14)7-12/h11-14H,1-10H2. The van der Waals surface area contributed by atoms with Crippen LogP contribution in [0.1, 0.15) is 44.9 Å². The van der Waals surface area contributed by atoms with E-state index in [1.807, 2.05) is 0 Å². The van der Waals surface area contributed by atoms with Crippen molar-refractivity contribution in [3.8, 4) is 0 Å². The lowest BCUT2D eigenvalue weighted by Gasteiger charge is -2.24. The lowest BCUT2D eigenvalue weighted by atomic mass is 9.86. The van der Waals surface area contributed by atoms with E-state index in [0.29, 0.717) is 17.7 Å². The average Bonchev–Trinajstić information content (AvgIpc) is 3.04. The fourth-order valence-corrected chi connectivity index (χ4v) is 4.74. The Balaban J connectivity index is 1.47. The number of hydrogen-bond donors (Lipinski definition) is 0. The number of amides is 1. The first-order chi connectivity index (χ1) is 8.76. The molecule has 2 bridgehead atoms. The summed E-state index contributed by atoms with van der Waals surface area (Å²) >= 11 is 5.79. The predicted molar refractivity (Wildman–Crippen MR) is 73.6 cm³/mol. The van der Waals surface area contributed by atoms with Gasteiger partial charge in [-0.3, -0.25) is 4.79 Å². The minimum atomic E-state index is 0.421. The molecule has 0 spiro atoms. The van der Waals surface area contributed by atoms with Crippen LogP contribution in [0.3, 0.4) is 0 Å². The zero-order valence-corrected chi connectivity index (χ0v) is 11.9. The van der Waals surface area contributed by atoms with Crippen LogP contribution in [-0.4, -0.2) is 29.8 Å². The third-order valence-electron chi connectivity index (χ3n) is 5.48. The second-order valence-corrected chi connectivity index (χ2v) is 6.99. The van der Waals surface area contributed by atoms with Crippen LogP contribution in [0.15, 0.2) is 0 Å². The van der Waals surface area contributed by atoms with Crippen LogP contribution in [0.4, 0.5) is 0 Å². The normalized spacial score (nSPS) is 38.6. The van der Waals surface area contributed by atoms with Crippen molar-refractivity contribution in [3.63, 3.8) is 0 Å². The summed E-state index contributed by atoms with van der Waals surface area (Å²) in [5, 5.41) is 0. The molecule has 1 heterocycles. The largest absolute Gasteiger partial charge is 0.342 e. The Bertz CT molecular complexity index is 320. The summed E-state index contributed by atoms with van der Waals surface area (Å²) in [6.07, 6.45) is 8.61. The van der Waals surface area contributed by atoms with Gasteiger partial charge in [0, 0.05) is 25.4 Å². The first kappa shape index (κ1) is 12.8. The lowest BCUT2D eigenvalue weighted by molar-refractivity contribution is -0.131. The number of likely N-dealkylation sites (tertiary alicyclic amines) is 1. The Kier molecular flexibility index (Phi) is 3.83. The van der Waals surface area contributed by atoms with Gasteiger partial charge in [0.25, 0.3) is 0 Å². The van der Waals surface area contributed by atoms with Gasteiger partial charge in [0.05, 0.1) is 0 Å². The summed E-state index contributed by atoms with van der Waals surface area (Å²) in [6, 6.07) is 0. The van der Waals surface area contributed by atoms with E-state index in [0.717, 1.165) is 50.1 Å². The number of nitrogens with zero attached hydrogens (tertiary/aromatic N) is 1. The molecule has 2 saturated carbocycles. The predicted octanol–water partition coefficient (Wildman–Crippen LogP) is 3.29. The van der Waals surface area contributed by atoms with Crippen molar-refractivity contribution in [1.29, 1.82) is 0 Å². The van der Waals surface area contributed by atoms with Gasteiger partial charge in [0.15, 0.2) is 0 Å². The van der Waals surface area contributed by atoms with Crippen LogP contribution in [0.25, 0.3) is 0 Å². The Morgan fingerprint density at radius 2 is 2.11 bits per heavy atom. The van der Waals surface area contributed by atoms with Gasteiger partial charge < -0.3 is 4.90 Å². The topological polar surface area (TPSA) is 20.3 Å². The second-order valence-electron chi connectivity index (χ2n) is 6.61. The summed E-state index contributed by atoms with van der Waals surface area (Å²) < 4.78 is 0. The first-order valence-corrected chi connectivity index (χ1v) is 8.13. The molecule has 0 aromatic rings. The summed E-state index contributed by atoms with van der Waals surface area (Å²) in [5.74, 6) is 4.36. The van der Waals surface area contributed by atoms with E-state index in [1.165, 1.54) is 25.7 Å². The molecule has 3 aliphatic rings. The SMILES string of the molecule is O=C(CC1CC2CCC1C2)N1CCC(CCCl)C1. The molecule has 2 nitrogen and oxygen atoms in total. The second kappa shape index (κ2) is 5.40. The van der Waals surface area contributed by atoms with Crippen LogP contribution in [-0.2, 0) is 4.79 Å². The van der Waals surface area contributed by atoms with Crippen LogP contribution in [0, 0.1) is 23.7 Å². The number of halogens is 1. The van der Waals surface area contributed by atoms with Gasteiger partial charge in [-0.05, 0) is 55.8 Å². The zero-order valence-electron chi connectivity index (χ0n) is 11.1. The molecule has 1 saturated heterocycles. The van der Waals surface area contributed by atoms with Crippen LogP contribution in [0.2, 0.25) is 0 Å². The number of rotatable bonds is 4. The van der Waals surface area contributed by atoms with Crippen molar-refractivity contribution >= 4 is 17.5 Å². The van der Waals surface area contributed by atoms with Gasteiger partial charge in [0.1, 0.15) is 0 Å². The molecular weight excluding hydrogens is 246 g/mol. The summed E-state index contributed by atoms with van der Waals surface area (Å²) in [7, 11) is 0. The van der Waals surface area contributed by atoms with Crippen LogP contribution in [0.5, 0.6) is 0 Å². The van der Waals surface area contributed by atoms with Gasteiger partial charge in [-0.25, -0.2) is 0 Å². The quantitative estimate of drug-likeness (QED) is 0.717. The first-order valence-electron chi connectivity index (χ1n) is 7.60. The molecule has 0 radical (unpaired) electrons. The van der Waals surface area contributed by atoms with Crippen molar-refractivity contribution < 1.29 is 4.79 Å². The molecule has 0 aromatic heterocycles. The molecule has 4 unspecified atom stereocenters. The van der Waals surface area contributed by atoms with Crippen molar-refractivity contribution in [2.24, 2.45) is 23.7 Å². The molecule has 4 atom stereocenters. The van der Waals surface area contributed by atoms with Crippen LogP contribution >= 0.6 is 11.6 Å². The molecule has 3 fully saturated rings. The van der Waals surface area contributed by atoms with Gasteiger partial charge in [-0.1, -0.05) is 6.42 Å². The maximum absolute atomic E-state index is 12.3. The summed E-state index contributed by atoms with van der Waals surface area (Å²) in [6.45, 7) is 1.94. The average molecular weight is 270 g/mol. The number of alkyl halides is 1. The highest BCUT2D eigenvalue weighted by molar-refractivity contribution is 6.17. The van der Waals surface area contributed by atoms with E-state index in [2.05, 4.69) is 4.90 Å². The van der Waals surface area contributed by atoms with E-state index < -0.39 is 0 Å². The molecule has 102 valence electrons. The molecule has 2 aliphatic carbocycles. The van der Waals surface area contributed by atoms with E-state index in [1.54, 1.807) is 0 Å². The summed E-state index contributed by atoms with van der Waals surface area (Å²) in [5.41, 5.74) is 0. The maximum Gasteiger partial charge on any atom is 0.222 e. The fourth-order valence-electron chi connectivity index (χ4n) is 4.43. The minimum Gasteiger partial charge on any atom is -0.342 e. The molecule has 1 amide bonds. The number of hydrogen-bond acceptors (Lipinski definition) is 1. The third-order valence-corrected chi connectivity index (χ3v) is 5.70. The third kappa shape index (κ3) is 2.54. The highest BCUT2D eigenvalue weighted by atomic mass is 35.5. The Morgan fingerprint density at radius 1 is 1.22 bits per heavy atom. The number of carbonyl (C=O) groups is 1. The van der Waals surface area contributed by atoms with E-state index in [-0.39, 0.29) is 0 Å². The molecule has 0 aromatic carbocycles. The van der Waals surface area contributed by atoms with Crippen molar-refractivity contribution in [2.75, 3.05) is 19.0 Å². The smallest absolute Gasteiger partial charge is 0.222 e. The molecular formula is C15H24ClNO. The van der Waals surface area contributed by atoms with Crippen molar-refractivity contribution in [1.82, 2.24) is 4.90 Å². The molecule has 3 rings (SSSR count). The van der Waals surface area contributed by atoms with Gasteiger partial charge in [-0.15, -0.1) is 11.6 Å². The highest BCUT2D eigenvalue weighted by Crippen LogP contribution is 2.49. The maximum atomic E-state index is 12.3. The fraction of sp³-hybridized carbons (Fsp3) is 0.933. The van der Waals surface area contributed by atoms with Gasteiger partial charge in [0.2, 0.25) is 5.91 Å². The monoisotopic (exact) mass is 269 g/mol. The van der Waals surface area contributed by atoms with E-state index in [9.17, 15) is 4.79 Å².